The second kappa shape index (κ2) is 6.57. The minimum Gasteiger partial charge on any atom is -0.454 e. The van der Waals surface area contributed by atoms with E-state index in [1.807, 2.05) is 30.0 Å². The van der Waals surface area contributed by atoms with Crippen LogP contribution in [0.3, 0.4) is 0 Å². The van der Waals surface area contributed by atoms with Crippen molar-refractivity contribution in [2.75, 3.05) is 13.3 Å². The molecule has 0 bridgehead atoms. The molecule has 1 fully saturated rings. The van der Waals surface area contributed by atoms with Crippen LogP contribution in [0.2, 0.25) is 0 Å². The molecule has 1 aromatic carbocycles. The van der Waals surface area contributed by atoms with Crippen LogP contribution in [0.1, 0.15) is 38.2 Å². The molecule has 0 radical (unpaired) electrons. The van der Waals surface area contributed by atoms with E-state index in [0.717, 1.165) is 36.3 Å². The minimum absolute atomic E-state index is 0.188. The maximum atomic E-state index is 12.5. The van der Waals surface area contributed by atoms with Gasteiger partial charge in [-0.3, -0.25) is 4.79 Å². The van der Waals surface area contributed by atoms with Gasteiger partial charge in [0.15, 0.2) is 11.5 Å². The zero-order valence-electron chi connectivity index (χ0n) is 13.1. The first-order chi connectivity index (χ1) is 10.7. The summed E-state index contributed by atoms with van der Waals surface area (Å²) in [5.41, 5.74) is 7.15. The summed E-state index contributed by atoms with van der Waals surface area (Å²) < 4.78 is 10.7. The molecule has 120 valence electrons. The number of nitrogens with zero attached hydrogens (tertiary/aromatic N) is 1. The summed E-state index contributed by atoms with van der Waals surface area (Å²) >= 11 is 0. The van der Waals surface area contributed by atoms with E-state index in [1.54, 1.807) is 0 Å². The maximum Gasteiger partial charge on any atom is 0.231 e. The maximum absolute atomic E-state index is 12.5. The molecule has 2 N–H and O–H groups in total. The predicted octanol–water partition coefficient (Wildman–Crippen LogP) is 2.28. The number of ether oxygens (including phenoxy) is 2. The van der Waals surface area contributed by atoms with Crippen molar-refractivity contribution >= 4 is 5.91 Å². The van der Waals surface area contributed by atoms with Gasteiger partial charge >= 0.3 is 0 Å². The molecule has 1 aliphatic carbocycles. The predicted molar refractivity (Wildman–Crippen MR) is 83.6 cm³/mol. The summed E-state index contributed by atoms with van der Waals surface area (Å²) in [5, 5.41) is 0. The molecule has 0 aromatic heterocycles. The highest BCUT2D eigenvalue weighted by molar-refractivity contribution is 5.76. The third-order valence-electron chi connectivity index (χ3n) is 4.70. The van der Waals surface area contributed by atoms with Gasteiger partial charge in [0.2, 0.25) is 12.7 Å². The summed E-state index contributed by atoms with van der Waals surface area (Å²) in [6.07, 6.45) is 3.84. The van der Waals surface area contributed by atoms with Gasteiger partial charge in [-0.25, -0.2) is 0 Å². The third kappa shape index (κ3) is 3.19. The van der Waals surface area contributed by atoms with Crippen LogP contribution < -0.4 is 15.2 Å². The van der Waals surface area contributed by atoms with Crippen LogP contribution >= 0.6 is 0 Å². The van der Waals surface area contributed by atoms with E-state index in [0.29, 0.717) is 25.4 Å². The number of amides is 1. The summed E-state index contributed by atoms with van der Waals surface area (Å²) in [7, 11) is 0. The second-order valence-electron chi connectivity index (χ2n) is 6.15. The lowest BCUT2D eigenvalue weighted by molar-refractivity contribution is -0.132. The lowest BCUT2D eigenvalue weighted by Crippen LogP contribution is -2.34. The summed E-state index contributed by atoms with van der Waals surface area (Å²) in [4.78, 5) is 14.4. The molecule has 5 heteroatoms. The van der Waals surface area contributed by atoms with Crippen LogP contribution in [0, 0.1) is 5.92 Å². The van der Waals surface area contributed by atoms with Crippen molar-refractivity contribution in [2.24, 2.45) is 11.7 Å². The number of hydrogen-bond donors (Lipinski definition) is 1. The summed E-state index contributed by atoms with van der Waals surface area (Å²) in [6, 6.07) is 6.04. The van der Waals surface area contributed by atoms with E-state index < -0.39 is 0 Å². The number of nitrogens with two attached hydrogens (primary N) is 1. The highest BCUT2D eigenvalue weighted by Gasteiger charge is 2.27. The number of benzene rings is 1. The van der Waals surface area contributed by atoms with Gasteiger partial charge in [0.1, 0.15) is 0 Å². The number of fused-ring (bicyclic) bond motifs is 1. The van der Waals surface area contributed by atoms with Crippen LogP contribution in [0.15, 0.2) is 18.2 Å². The molecule has 5 nitrogen and oxygen atoms in total. The fourth-order valence-corrected chi connectivity index (χ4v) is 3.31. The van der Waals surface area contributed by atoms with E-state index in [9.17, 15) is 4.79 Å². The van der Waals surface area contributed by atoms with Crippen LogP contribution in [-0.4, -0.2) is 30.2 Å². The first-order valence-electron chi connectivity index (χ1n) is 8.09. The van der Waals surface area contributed by atoms with Crippen LogP contribution in [0.5, 0.6) is 11.5 Å². The minimum atomic E-state index is 0.188. The highest BCUT2D eigenvalue weighted by atomic mass is 16.7. The standard InChI is InChI=1S/C17H24N2O3/c1-2-19(17(20)9-13-4-3-5-14(13)18)10-12-6-7-15-16(8-12)22-11-21-15/h6-8,13-14H,2-5,9-11,18H2,1H3/t13-,14+/m0/s1. The quantitative estimate of drug-likeness (QED) is 0.906. The molecule has 3 rings (SSSR count). The van der Waals surface area contributed by atoms with Crippen molar-refractivity contribution in [1.82, 2.24) is 4.90 Å². The molecular weight excluding hydrogens is 280 g/mol. The molecule has 2 aliphatic rings. The number of hydrogen-bond acceptors (Lipinski definition) is 4. The Hall–Kier alpha value is -1.75. The molecule has 1 saturated carbocycles. The normalized spacial score (nSPS) is 22.8. The lowest BCUT2D eigenvalue weighted by Gasteiger charge is -2.24. The van der Waals surface area contributed by atoms with Gasteiger partial charge < -0.3 is 20.1 Å². The molecule has 1 amide bonds. The Kier molecular flexibility index (Phi) is 4.52. The van der Waals surface area contributed by atoms with E-state index in [4.69, 9.17) is 15.2 Å². The zero-order valence-corrected chi connectivity index (χ0v) is 13.1. The van der Waals surface area contributed by atoms with Gasteiger partial charge in [-0.1, -0.05) is 12.5 Å². The molecule has 0 unspecified atom stereocenters. The molecular formula is C17H24N2O3. The average Bonchev–Trinajstić information content (AvgIpc) is 3.13. The molecule has 0 saturated heterocycles. The Bertz CT molecular complexity index is 547. The van der Waals surface area contributed by atoms with Crippen molar-refractivity contribution in [3.63, 3.8) is 0 Å². The second-order valence-corrected chi connectivity index (χ2v) is 6.15. The first kappa shape index (κ1) is 15.2. The molecule has 1 heterocycles. The fourth-order valence-electron chi connectivity index (χ4n) is 3.31. The van der Waals surface area contributed by atoms with Gasteiger partial charge in [0, 0.05) is 25.6 Å². The first-order valence-corrected chi connectivity index (χ1v) is 8.09. The van der Waals surface area contributed by atoms with E-state index in [-0.39, 0.29) is 18.7 Å². The Morgan fingerprint density at radius 3 is 2.86 bits per heavy atom. The number of carbonyl (C=O) groups excluding carboxylic acids is 1. The molecule has 0 spiro atoms. The molecule has 1 aliphatic heterocycles. The van der Waals surface area contributed by atoms with Crippen molar-refractivity contribution in [2.45, 2.75) is 45.2 Å². The number of rotatable bonds is 5. The Morgan fingerprint density at radius 1 is 1.32 bits per heavy atom. The van der Waals surface area contributed by atoms with Crippen molar-refractivity contribution in [3.8, 4) is 11.5 Å². The van der Waals surface area contributed by atoms with Gasteiger partial charge in [-0.05, 0) is 43.4 Å². The van der Waals surface area contributed by atoms with Crippen LogP contribution in [-0.2, 0) is 11.3 Å². The van der Waals surface area contributed by atoms with Gasteiger partial charge in [-0.2, -0.15) is 0 Å². The lowest BCUT2D eigenvalue weighted by atomic mass is 9.99. The average molecular weight is 304 g/mol. The van der Waals surface area contributed by atoms with Crippen molar-refractivity contribution in [3.05, 3.63) is 23.8 Å². The van der Waals surface area contributed by atoms with E-state index >= 15 is 0 Å². The van der Waals surface area contributed by atoms with Crippen molar-refractivity contribution in [1.29, 1.82) is 0 Å². The largest absolute Gasteiger partial charge is 0.454 e. The van der Waals surface area contributed by atoms with Crippen molar-refractivity contribution < 1.29 is 14.3 Å². The summed E-state index contributed by atoms with van der Waals surface area (Å²) in [6.45, 7) is 3.59. The third-order valence-corrected chi connectivity index (χ3v) is 4.70. The fraction of sp³-hybridized carbons (Fsp3) is 0.588. The Balaban J connectivity index is 1.62. The Morgan fingerprint density at radius 2 is 2.14 bits per heavy atom. The van der Waals surface area contributed by atoms with Crippen LogP contribution in [0.4, 0.5) is 0 Å². The topological polar surface area (TPSA) is 64.8 Å². The van der Waals surface area contributed by atoms with E-state index in [2.05, 4.69) is 0 Å². The van der Waals surface area contributed by atoms with Gasteiger partial charge in [0.05, 0.1) is 0 Å². The highest BCUT2D eigenvalue weighted by Crippen LogP contribution is 2.33. The zero-order chi connectivity index (χ0) is 15.5. The molecule has 22 heavy (non-hydrogen) atoms. The summed E-state index contributed by atoms with van der Waals surface area (Å²) in [5.74, 6) is 2.08. The monoisotopic (exact) mass is 304 g/mol. The SMILES string of the molecule is CCN(Cc1ccc2c(c1)OCO2)C(=O)C[C@@H]1CCC[C@H]1N. The van der Waals surface area contributed by atoms with Crippen LogP contribution in [0.25, 0.3) is 0 Å². The molecule has 1 aromatic rings. The Labute approximate surface area is 131 Å². The van der Waals surface area contributed by atoms with E-state index in [1.165, 1.54) is 0 Å². The smallest absolute Gasteiger partial charge is 0.231 e. The van der Waals surface area contributed by atoms with Gasteiger partial charge in [0.25, 0.3) is 0 Å². The molecule has 2 atom stereocenters. The van der Waals surface area contributed by atoms with Gasteiger partial charge in [-0.15, -0.1) is 0 Å². The number of carbonyl (C=O) groups is 1.